The minimum absolute atomic E-state index is 0.000469. The number of anilines is 3. The number of hydrogen-bond acceptors (Lipinski definition) is 7. The summed E-state index contributed by atoms with van der Waals surface area (Å²) in [6.07, 6.45) is 0.239. The molecule has 0 radical (unpaired) electrons. The van der Waals surface area contributed by atoms with E-state index in [1.165, 1.54) is 11.1 Å². The molecule has 4 N–H and O–H groups in total. The molecule has 2 unspecified atom stereocenters. The van der Waals surface area contributed by atoms with Crippen LogP contribution in [0.5, 0.6) is 11.5 Å². The van der Waals surface area contributed by atoms with Gasteiger partial charge >= 0.3 is 0 Å². The van der Waals surface area contributed by atoms with Crippen molar-refractivity contribution in [3.8, 4) is 11.5 Å². The van der Waals surface area contributed by atoms with E-state index in [2.05, 4.69) is 97.6 Å². The van der Waals surface area contributed by atoms with Crippen LogP contribution < -0.4 is 14.4 Å². The largest absolute Gasteiger partial charge is 0.491 e. The number of nitrogens with zero attached hydrogens (tertiary/aromatic N) is 1. The van der Waals surface area contributed by atoms with Gasteiger partial charge in [-0.25, -0.2) is 0 Å². The SMILES string of the molecule is Cc1ccc(N(c2ccc(C)cc2)c2ccc(C=C(c3ccc(OCC(O)CO)cc3)c3ccc(OCC(O)CO)cc3)cc2)cc1. The van der Waals surface area contributed by atoms with Crippen molar-refractivity contribution in [3.63, 3.8) is 0 Å². The zero-order valence-electron chi connectivity index (χ0n) is 26.7. The summed E-state index contributed by atoms with van der Waals surface area (Å²) in [5.74, 6) is 1.17. The first-order chi connectivity index (χ1) is 22.8. The molecule has 47 heavy (non-hydrogen) atoms. The van der Waals surface area contributed by atoms with E-state index in [1.807, 2.05) is 48.5 Å². The monoisotopic (exact) mass is 631 g/mol. The molecule has 5 rings (SSSR count). The number of ether oxygens (including phenoxy) is 2. The van der Waals surface area contributed by atoms with Crippen LogP contribution in [-0.4, -0.2) is 59.1 Å². The van der Waals surface area contributed by atoms with E-state index < -0.39 is 12.2 Å². The third-order valence-electron chi connectivity index (χ3n) is 7.68. The third kappa shape index (κ3) is 9.09. The van der Waals surface area contributed by atoms with Gasteiger partial charge in [0.15, 0.2) is 0 Å². The average molecular weight is 632 g/mol. The number of aliphatic hydroxyl groups excluding tert-OH is 4. The molecule has 242 valence electrons. The summed E-state index contributed by atoms with van der Waals surface area (Å²) in [6, 6.07) is 40.7. The molecular weight excluding hydrogens is 590 g/mol. The molecule has 0 saturated heterocycles. The highest BCUT2D eigenvalue weighted by Gasteiger charge is 2.13. The maximum atomic E-state index is 9.66. The van der Waals surface area contributed by atoms with E-state index in [1.54, 1.807) is 0 Å². The molecule has 0 heterocycles. The lowest BCUT2D eigenvalue weighted by Gasteiger charge is -2.26. The van der Waals surface area contributed by atoms with Gasteiger partial charge in [-0.05, 0) is 103 Å². The van der Waals surface area contributed by atoms with Gasteiger partial charge in [-0.1, -0.05) is 71.8 Å². The van der Waals surface area contributed by atoms with Crippen LogP contribution in [-0.2, 0) is 0 Å². The molecule has 0 amide bonds. The van der Waals surface area contributed by atoms with E-state index in [9.17, 15) is 10.2 Å². The van der Waals surface area contributed by atoms with Gasteiger partial charge in [-0.15, -0.1) is 0 Å². The van der Waals surface area contributed by atoms with E-state index >= 15 is 0 Å². The van der Waals surface area contributed by atoms with Crippen LogP contribution in [0.25, 0.3) is 11.6 Å². The van der Waals surface area contributed by atoms with Crippen molar-refractivity contribution in [2.24, 2.45) is 0 Å². The lowest BCUT2D eigenvalue weighted by molar-refractivity contribution is 0.0536. The summed E-state index contributed by atoms with van der Waals surface area (Å²) in [7, 11) is 0. The summed E-state index contributed by atoms with van der Waals surface area (Å²) >= 11 is 0. The van der Waals surface area contributed by atoms with Crippen LogP contribution in [0.15, 0.2) is 121 Å². The second kappa shape index (κ2) is 16.1. The highest BCUT2D eigenvalue weighted by atomic mass is 16.5. The van der Waals surface area contributed by atoms with Crippen molar-refractivity contribution in [2.45, 2.75) is 26.1 Å². The summed E-state index contributed by atoms with van der Waals surface area (Å²) < 4.78 is 11.2. The van der Waals surface area contributed by atoms with Crippen LogP contribution in [0, 0.1) is 13.8 Å². The summed E-state index contributed by atoms with van der Waals surface area (Å²) in [6.45, 7) is 3.44. The van der Waals surface area contributed by atoms with Gasteiger partial charge in [-0.2, -0.15) is 0 Å². The molecule has 5 aromatic carbocycles. The van der Waals surface area contributed by atoms with Gasteiger partial charge < -0.3 is 34.8 Å². The van der Waals surface area contributed by atoms with Gasteiger partial charge in [-0.3, -0.25) is 0 Å². The Morgan fingerprint density at radius 3 is 1.28 bits per heavy atom. The van der Waals surface area contributed by atoms with Crippen LogP contribution in [0.2, 0.25) is 0 Å². The second-order valence-electron chi connectivity index (χ2n) is 11.5. The third-order valence-corrected chi connectivity index (χ3v) is 7.68. The number of aliphatic hydroxyl groups is 4. The molecule has 2 atom stereocenters. The average Bonchev–Trinajstić information content (AvgIpc) is 3.11. The summed E-state index contributed by atoms with van der Waals surface area (Å²) in [5.41, 5.74) is 9.48. The maximum Gasteiger partial charge on any atom is 0.119 e. The molecule has 0 bridgehead atoms. The van der Waals surface area contributed by atoms with Crippen molar-refractivity contribution in [1.82, 2.24) is 0 Å². The molecule has 0 aliphatic carbocycles. The van der Waals surface area contributed by atoms with Crippen LogP contribution in [0.4, 0.5) is 17.1 Å². The first-order valence-electron chi connectivity index (χ1n) is 15.6. The highest BCUT2D eigenvalue weighted by Crippen LogP contribution is 2.36. The van der Waals surface area contributed by atoms with Gasteiger partial charge in [0.05, 0.1) is 13.2 Å². The van der Waals surface area contributed by atoms with E-state index in [0.29, 0.717) is 11.5 Å². The second-order valence-corrected chi connectivity index (χ2v) is 11.5. The topological polar surface area (TPSA) is 103 Å². The fraction of sp³-hybridized carbons (Fsp3) is 0.200. The number of rotatable bonds is 14. The first-order valence-corrected chi connectivity index (χ1v) is 15.6. The van der Waals surface area contributed by atoms with Crippen molar-refractivity contribution < 1.29 is 29.9 Å². The minimum atomic E-state index is -0.944. The Labute approximate surface area is 276 Å². The van der Waals surface area contributed by atoms with Gasteiger partial charge in [0.1, 0.15) is 36.9 Å². The summed E-state index contributed by atoms with van der Waals surface area (Å²) in [4.78, 5) is 2.24. The zero-order chi connectivity index (χ0) is 33.2. The zero-order valence-corrected chi connectivity index (χ0v) is 26.7. The number of hydrogen-bond donors (Lipinski definition) is 4. The molecule has 0 saturated carbocycles. The predicted molar refractivity (Wildman–Crippen MR) is 188 cm³/mol. The van der Waals surface area contributed by atoms with E-state index in [-0.39, 0.29) is 26.4 Å². The van der Waals surface area contributed by atoms with Crippen LogP contribution in [0.3, 0.4) is 0 Å². The lowest BCUT2D eigenvalue weighted by Crippen LogP contribution is -2.21. The molecule has 0 spiro atoms. The van der Waals surface area contributed by atoms with Gasteiger partial charge in [0, 0.05) is 17.1 Å². The molecule has 7 heteroatoms. The fourth-order valence-electron chi connectivity index (χ4n) is 5.01. The highest BCUT2D eigenvalue weighted by molar-refractivity contribution is 5.92. The van der Waals surface area contributed by atoms with Crippen LogP contribution >= 0.6 is 0 Å². The molecule has 0 aromatic heterocycles. The minimum Gasteiger partial charge on any atom is -0.491 e. The summed E-state index contributed by atoms with van der Waals surface area (Å²) in [5, 5.41) is 37.5. The Morgan fingerprint density at radius 1 is 0.553 bits per heavy atom. The fourth-order valence-corrected chi connectivity index (χ4v) is 5.01. The Morgan fingerprint density at radius 2 is 0.915 bits per heavy atom. The smallest absolute Gasteiger partial charge is 0.119 e. The predicted octanol–water partition coefficient (Wildman–Crippen LogP) is 6.83. The molecule has 5 aromatic rings. The quantitative estimate of drug-likeness (QED) is 0.0997. The van der Waals surface area contributed by atoms with Crippen molar-refractivity contribution >= 4 is 28.7 Å². The molecule has 0 aliphatic heterocycles. The molecule has 7 nitrogen and oxygen atoms in total. The first kappa shape index (κ1) is 33.4. The standard InChI is InChI=1S/C40H41NO6/c1-28-3-13-33(14-4-28)41(34-15-5-29(2)6-16-34)35-17-7-30(8-18-35)23-40(31-9-19-38(20-10-31)46-26-36(44)24-42)32-11-21-39(22-12-32)47-27-37(45)25-43/h3-23,36-37,42-45H,24-27H2,1-2H3. The molecule has 0 fully saturated rings. The molecule has 0 aliphatic rings. The normalized spacial score (nSPS) is 12.2. The van der Waals surface area contributed by atoms with Crippen molar-refractivity contribution in [2.75, 3.05) is 31.3 Å². The number of benzene rings is 5. The Kier molecular flexibility index (Phi) is 11.4. The van der Waals surface area contributed by atoms with Crippen molar-refractivity contribution in [3.05, 3.63) is 149 Å². The van der Waals surface area contributed by atoms with E-state index in [4.69, 9.17) is 19.7 Å². The van der Waals surface area contributed by atoms with Gasteiger partial charge in [0.2, 0.25) is 0 Å². The molecular formula is C40H41NO6. The Balaban J connectivity index is 1.48. The maximum absolute atomic E-state index is 9.66. The Hall–Kier alpha value is -4.92. The van der Waals surface area contributed by atoms with Crippen LogP contribution in [0.1, 0.15) is 27.8 Å². The van der Waals surface area contributed by atoms with Crippen molar-refractivity contribution in [1.29, 1.82) is 0 Å². The Bertz CT molecular complexity index is 1610. The lowest BCUT2D eigenvalue weighted by atomic mass is 9.95. The van der Waals surface area contributed by atoms with Gasteiger partial charge in [0.25, 0.3) is 0 Å². The number of aryl methyl sites for hydroxylation is 2. The van der Waals surface area contributed by atoms with E-state index in [0.717, 1.165) is 39.3 Å².